The maximum absolute atomic E-state index is 13.0. The molecule has 3 rings (SSSR count). The molecule has 154 valence electrons. The van der Waals surface area contributed by atoms with Crippen molar-refractivity contribution in [3.8, 4) is 0 Å². The second-order valence-corrected chi connectivity index (χ2v) is 6.63. The minimum Gasteiger partial charge on any atom is -0.369 e. The SMILES string of the molecule is O=C(CN1CCN(c2ccc([N+](=O)[O-])cc2)CC1)Nc1ccccc1C(F)(F)F. The molecule has 1 aliphatic heterocycles. The van der Waals surface area contributed by atoms with E-state index in [1.54, 1.807) is 12.1 Å². The first-order valence-electron chi connectivity index (χ1n) is 8.92. The highest BCUT2D eigenvalue weighted by Gasteiger charge is 2.33. The van der Waals surface area contributed by atoms with Crippen LogP contribution in [0.4, 0.5) is 30.2 Å². The van der Waals surface area contributed by atoms with E-state index in [4.69, 9.17) is 0 Å². The van der Waals surface area contributed by atoms with Crippen LogP contribution in [0.5, 0.6) is 0 Å². The number of nitrogens with zero attached hydrogens (tertiary/aromatic N) is 3. The van der Waals surface area contributed by atoms with Crippen LogP contribution in [0.3, 0.4) is 0 Å². The summed E-state index contributed by atoms with van der Waals surface area (Å²) in [5.41, 5.74) is -0.271. The van der Waals surface area contributed by atoms with E-state index in [0.717, 1.165) is 11.8 Å². The number of nitro benzene ring substituents is 1. The molecule has 1 saturated heterocycles. The van der Waals surface area contributed by atoms with Crippen LogP contribution in [0.15, 0.2) is 48.5 Å². The van der Waals surface area contributed by atoms with Crippen molar-refractivity contribution >= 4 is 23.0 Å². The number of carbonyl (C=O) groups excluding carboxylic acids is 1. The number of nitro groups is 1. The van der Waals surface area contributed by atoms with Gasteiger partial charge in [0.25, 0.3) is 5.69 Å². The Bertz CT molecular complexity index is 879. The van der Waals surface area contributed by atoms with Crippen molar-refractivity contribution < 1.29 is 22.9 Å². The summed E-state index contributed by atoms with van der Waals surface area (Å²) in [7, 11) is 0. The maximum Gasteiger partial charge on any atom is 0.418 e. The predicted molar refractivity (Wildman–Crippen MR) is 102 cm³/mol. The highest BCUT2D eigenvalue weighted by Crippen LogP contribution is 2.34. The van der Waals surface area contributed by atoms with Crippen LogP contribution in [0.1, 0.15) is 5.56 Å². The fourth-order valence-electron chi connectivity index (χ4n) is 3.18. The van der Waals surface area contributed by atoms with Crippen molar-refractivity contribution in [2.45, 2.75) is 6.18 Å². The molecule has 0 saturated carbocycles. The van der Waals surface area contributed by atoms with Crippen LogP contribution in [-0.4, -0.2) is 48.5 Å². The number of non-ortho nitro benzene ring substituents is 1. The molecule has 7 nitrogen and oxygen atoms in total. The van der Waals surface area contributed by atoms with Crippen molar-refractivity contribution in [2.24, 2.45) is 0 Å². The lowest BCUT2D eigenvalue weighted by Crippen LogP contribution is -2.48. The van der Waals surface area contributed by atoms with E-state index in [-0.39, 0.29) is 17.9 Å². The Morgan fingerprint density at radius 1 is 1.03 bits per heavy atom. The minimum absolute atomic E-state index is 0.0136. The lowest BCUT2D eigenvalue weighted by Gasteiger charge is -2.35. The van der Waals surface area contributed by atoms with Gasteiger partial charge in [-0.15, -0.1) is 0 Å². The summed E-state index contributed by atoms with van der Waals surface area (Å²) in [4.78, 5) is 26.4. The summed E-state index contributed by atoms with van der Waals surface area (Å²) in [5, 5.41) is 13.1. The average Bonchev–Trinajstić information content (AvgIpc) is 2.68. The van der Waals surface area contributed by atoms with Gasteiger partial charge in [0.2, 0.25) is 5.91 Å². The zero-order chi connectivity index (χ0) is 21.0. The van der Waals surface area contributed by atoms with Gasteiger partial charge in [0, 0.05) is 44.0 Å². The first-order chi connectivity index (χ1) is 13.7. The molecule has 2 aromatic rings. The van der Waals surface area contributed by atoms with Crippen LogP contribution in [0.25, 0.3) is 0 Å². The molecule has 0 spiro atoms. The molecule has 1 N–H and O–H groups in total. The van der Waals surface area contributed by atoms with E-state index >= 15 is 0 Å². The molecule has 2 aromatic carbocycles. The largest absolute Gasteiger partial charge is 0.418 e. The molecule has 10 heteroatoms. The highest BCUT2D eigenvalue weighted by atomic mass is 19.4. The molecule has 1 fully saturated rings. The second-order valence-electron chi connectivity index (χ2n) is 6.63. The number of nitrogens with one attached hydrogen (secondary N) is 1. The Balaban J connectivity index is 1.53. The van der Waals surface area contributed by atoms with Gasteiger partial charge in [-0.1, -0.05) is 12.1 Å². The second kappa shape index (κ2) is 8.48. The molecule has 1 aliphatic rings. The van der Waals surface area contributed by atoms with E-state index in [9.17, 15) is 28.1 Å². The maximum atomic E-state index is 13.0. The van der Waals surface area contributed by atoms with Crippen molar-refractivity contribution in [3.05, 3.63) is 64.2 Å². The molecule has 1 amide bonds. The third kappa shape index (κ3) is 5.23. The number of anilines is 2. The molecule has 0 aromatic heterocycles. The smallest absolute Gasteiger partial charge is 0.369 e. The summed E-state index contributed by atoms with van der Waals surface area (Å²) in [6, 6.07) is 11.1. The third-order valence-electron chi connectivity index (χ3n) is 4.67. The number of hydrogen-bond acceptors (Lipinski definition) is 5. The van der Waals surface area contributed by atoms with E-state index in [1.807, 2.05) is 9.80 Å². The van der Waals surface area contributed by atoms with E-state index in [2.05, 4.69) is 5.32 Å². The summed E-state index contributed by atoms with van der Waals surface area (Å²) in [6.07, 6.45) is -4.54. The Morgan fingerprint density at radius 2 is 1.66 bits per heavy atom. The molecule has 29 heavy (non-hydrogen) atoms. The lowest BCUT2D eigenvalue weighted by molar-refractivity contribution is -0.384. The molecule has 0 bridgehead atoms. The Morgan fingerprint density at radius 3 is 2.24 bits per heavy atom. The number of benzene rings is 2. The average molecular weight is 408 g/mol. The summed E-state index contributed by atoms with van der Waals surface area (Å²) < 4.78 is 39.1. The molecular weight excluding hydrogens is 389 g/mol. The van der Waals surface area contributed by atoms with Gasteiger partial charge >= 0.3 is 6.18 Å². The summed E-state index contributed by atoms with van der Waals surface area (Å²) in [6.45, 7) is 2.28. The number of hydrogen-bond donors (Lipinski definition) is 1. The monoisotopic (exact) mass is 408 g/mol. The molecule has 0 radical (unpaired) electrons. The number of halogens is 3. The Labute approximate surface area is 164 Å². The van der Waals surface area contributed by atoms with Gasteiger partial charge in [0.05, 0.1) is 22.7 Å². The number of piperazine rings is 1. The fraction of sp³-hybridized carbons (Fsp3) is 0.316. The minimum atomic E-state index is -4.54. The van der Waals surface area contributed by atoms with Crippen molar-refractivity contribution in [1.29, 1.82) is 0 Å². The van der Waals surface area contributed by atoms with Crippen LogP contribution < -0.4 is 10.2 Å². The fourth-order valence-corrected chi connectivity index (χ4v) is 3.18. The molecule has 0 unspecified atom stereocenters. The van der Waals surface area contributed by atoms with Crippen molar-refractivity contribution in [1.82, 2.24) is 4.90 Å². The molecular formula is C19H19F3N4O3. The zero-order valence-electron chi connectivity index (χ0n) is 15.4. The van der Waals surface area contributed by atoms with Gasteiger partial charge in [-0.05, 0) is 24.3 Å². The van der Waals surface area contributed by atoms with Crippen LogP contribution in [0.2, 0.25) is 0 Å². The highest BCUT2D eigenvalue weighted by molar-refractivity contribution is 5.93. The van der Waals surface area contributed by atoms with Gasteiger partial charge in [-0.25, -0.2) is 0 Å². The number of rotatable bonds is 5. The number of alkyl halides is 3. The Hall–Kier alpha value is -3.14. The van der Waals surface area contributed by atoms with Crippen LogP contribution in [0, 0.1) is 10.1 Å². The summed E-state index contributed by atoms with van der Waals surface area (Å²) in [5.74, 6) is -0.509. The van der Waals surface area contributed by atoms with Gasteiger partial charge in [0.1, 0.15) is 0 Å². The van der Waals surface area contributed by atoms with Crippen LogP contribution >= 0.6 is 0 Å². The van der Waals surface area contributed by atoms with Gasteiger partial charge in [0.15, 0.2) is 0 Å². The topological polar surface area (TPSA) is 78.7 Å². The first kappa shape index (κ1) is 20.6. The van der Waals surface area contributed by atoms with Gasteiger partial charge in [-0.3, -0.25) is 19.8 Å². The van der Waals surface area contributed by atoms with Gasteiger partial charge in [-0.2, -0.15) is 13.2 Å². The number of carbonyl (C=O) groups is 1. The number of amides is 1. The molecule has 1 heterocycles. The van der Waals surface area contributed by atoms with Crippen LogP contribution in [-0.2, 0) is 11.0 Å². The van der Waals surface area contributed by atoms with Gasteiger partial charge < -0.3 is 10.2 Å². The molecule has 0 atom stereocenters. The quantitative estimate of drug-likeness (QED) is 0.606. The van der Waals surface area contributed by atoms with E-state index in [0.29, 0.717) is 26.2 Å². The predicted octanol–water partition coefficient (Wildman–Crippen LogP) is 3.37. The molecule has 0 aliphatic carbocycles. The standard InChI is InChI=1S/C19H19F3N4O3/c20-19(21,22)16-3-1-2-4-17(16)23-18(27)13-24-9-11-25(12-10-24)14-5-7-15(8-6-14)26(28)29/h1-8H,9-13H2,(H,23,27). The van der Waals surface area contributed by atoms with Crippen molar-refractivity contribution in [2.75, 3.05) is 42.9 Å². The van der Waals surface area contributed by atoms with E-state index in [1.165, 1.54) is 30.3 Å². The lowest BCUT2D eigenvalue weighted by atomic mass is 10.1. The Kier molecular flexibility index (Phi) is 6.02. The third-order valence-corrected chi connectivity index (χ3v) is 4.67. The summed E-state index contributed by atoms with van der Waals surface area (Å²) >= 11 is 0. The number of para-hydroxylation sites is 1. The van der Waals surface area contributed by atoms with E-state index < -0.39 is 22.6 Å². The first-order valence-corrected chi connectivity index (χ1v) is 8.92. The zero-order valence-corrected chi connectivity index (χ0v) is 15.4. The normalized spacial score (nSPS) is 15.2. The van der Waals surface area contributed by atoms with Crippen molar-refractivity contribution in [3.63, 3.8) is 0 Å².